The highest BCUT2D eigenvalue weighted by Crippen LogP contribution is 2.30. The van der Waals surface area contributed by atoms with Crippen molar-refractivity contribution in [3.05, 3.63) is 53.3 Å². The second-order valence-corrected chi connectivity index (χ2v) is 7.31. The maximum atomic E-state index is 6.29. The SMILES string of the molecule is CCNC(=NCc1ccc(OC)cc1OC1CCCC1)NCc1ncccc1C.I. The molecule has 30 heavy (non-hydrogen) atoms. The van der Waals surface area contributed by atoms with Gasteiger partial charge in [-0.25, -0.2) is 4.99 Å². The Hall–Kier alpha value is -2.03. The van der Waals surface area contributed by atoms with Gasteiger partial charge in [0.25, 0.3) is 0 Å². The largest absolute Gasteiger partial charge is 0.497 e. The quantitative estimate of drug-likeness (QED) is 0.301. The minimum atomic E-state index is 0. The molecule has 2 N–H and O–H groups in total. The van der Waals surface area contributed by atoms with Crippen molar-refractivity contribution in [3.63, 3.8) is 0 Å². The van der Waals surface area contributed by atoms with E-state index in [1.165, 1.54) is 18.4 Å². The summed E-state index contributed by atoms with van der Waals surface area (Å²) in [5.41, 5.74) is 3.25. The van der Waals surface area contributed by atoms with E-state index in [0.717, 1.165) is 48.1 Å². The summed E-state index contributed by atoms with van der Waals surface area (Å²) in [7, 11) is 1.68. The van der Waals surface area contributed by atoms with Crippen molar-refractivity contribution in [1.82, 2.24) is 15.6 Å². The molecule has 1 aliphatic carbocycles. The van der Waals surface area contributed by atoms with Crippen LogP contribution in [0.5, 0.6) is 11.5 Å². The van der Waals surface area contributed by atoms with Gasteiger partial charge in [-0.05, 0) is 63.3 Å². The van der Waals surface area contributed by atoms with E-state index in [-0.39, 0.29) is 24.0 Å². The molecule has 7 heteroatoms. The zero-order valence-electron chi connectivity index (χ0n) is 18.1. The summed E-state index contributed by atoms with van der Waals surface area (Å²) in [6, 6.07) is 10.00. The zero-order valence-corrected chi connectivity index (χ0v) is 20.4. The molecule has 0 unspecified atom stereocenters. The third-order valence-electron chi connectivity index (χ3n) is 5.16. The fraction of sp³-hybridized carbons (Fsp3) is 0.478. The summed E-state index contributed by atoms with van der Waals surface area (Å²) in [6.07, 6.45) is 6.83. The number of halogens is 1. The van der Waals surface area contributed by atoms with Gasteiger partial charge in [0.15, 0.2) is 5.96 Å². The first-order chi connectivity index (χ1) is 14.2. The zero-order chi connectivity index (χ0) is 20.5. The number of pyridine rings is 1. The van der Waals surface area contributed by atoms with Crippen molar-refractivity contribution >= 4 is 29.9 Å². The summed E-state index contributed by atoms with van der Waals surface area (Å²) in [6.45, 7) is 6.08. The molecular formula is C23H33IN4O2. The van der Waals surface area contributed by atoms with E-state index >= 15 is 0 Å². The summed E-state index contributed by atoms with van der Waals surface area (Å²) in [5, 5.41) is 6.68. The standard InChI is InChI=1S/C23H32N4O2.HI/c1-4-24-23(27-16-21-17(2)8-7-13-25-21)26-15-18-11-12-20(28-3)14-22(18)29-19-9-5-6-10-19;/h7-8,11-14,19H,4-6,9-10,15-16H2,1-3H3,(H2,24,26,27);1H. The molecule has 0 radical (unpaired) electrons. The predicted octanol–water partition coefficient (Wildman–Crippen LogP) is 4.59. The molecule has 3 rings (SSSR count). The molecular weight excluding hydrogens is 491 g/mol. The van der Waals surface area contributed by atoms with Crippen LogP contribution in [0.1, 0.15) is 49.4 Å². The van der Waals surface area contributed by atoms with E-state index < -0.39 is 0 Å². The molecule has 1 fully saturated rings. The van der Waals surface area contributed by atoms with Gasteiger partial charge in [-0.2, -0.15) is 0 Å². The Morgan fingerprint density at radius 1 is 1.20 bits per heavy atom. The Labute approximate surface area is 196 Å². The van der Waals surface area contributed by atoms with Crippen molar-refractivity contribution in [2.45, 2.75) is 58.7 Å². The maximum absolute atomic E-state index is 6.29. The highest BCUT2D eigenvalue weighted by Gasteiger charge is 2.18. The first-order valence-corrected chi connectivity index (χ1v) is 10.5. The fourth-order valence-electron chi connectivity index (χ4n) is 3.46. The minimum Gasteiger partial charge on any atom is -0.497 e. The predicted molar refractivity (Wildman–Crippen MR) is 132 cm³/mol. The Bertz CT molecular complexity index is 823. The molecule has 1 aliphatic rings. The van der Waals surface area contributed by atoms with Crippen LogP contribution in [0.4, 0.5) is 0 Å². The molecule has 1 heterocycles. The highest BCUT2D eigenvalue weighted by molar-refractivity contribution is 14.0. The number of rotatable bonds is 8. The Balaban J connectivity index is 0.00000320. The van der Waals surface area contributed by atoms with Crippen LogP contribution >= 0.6 is 24.0 Å². The lowest BCUT2D eigenvalue weighted by Gasteiger charge is -2.17. The maximum Gasteiger partial charge on any atom is 0.191 e. The third kappa shape index (κ3) is 7.04. The number of guanidine groups is 1. The summed E-state index contributed by atoms with van der Waals surface area (Å²) < 4.78 is 11.7. The van der Waals surface area contributed by atoms with Crippen LogP contribution < -0.4 is 20.1 Å². The monoisotopic (exact) mass is 524 g/mol. The third-order valence-corrected chi connectivity index (χ3v) is 5.16. The summed E-state index contributed by atoms with van der Waals surface area (Å²) >= 11 is 0. The molecule has 1 saturated carbocycles. The number of benzene rings is 1. The molecule has 0 amide bonds. The topological polar surface area (TPSA) is 67.8 Å². The van der Waals surface area contributed by atoms with E-state index in [4.69, 9.17) is 14.5 Å². The minimum absolute atomic E-state index is 0. The van der Waals surface area contributed by atoms with E-state index in [9.17, 15) is 0 Å². The van der Waals surface area contributed by atoms with Gasteiger partial charge in [-0.15, -0.1) is 24.0 Å². The second kappa shape index (κ2) is 12.6. The Morgan fingerprint density at radius 3 is 2.70 bits per heavy atom. The van der Waals surface area contributed by atoms with Crippen LogP contribution in [-0.2, 0) is 13.1 Å². The van der Waals surface area contributed by atoms with Crippen LogP contribution in [0.25, 0.3) is 0 Å². The van der Waals surface area contributed by atoms with Crippen molar-refractivity contribution in [2.75, 3.05) is 13.7 Å². The number of nitrogens with zero attached hydrogens (tertiary/aromatic N) is 2. The molecule has 1 aromatic heterocycles. The average Bonchev–Trinajstić information content (AvgIpc) is 3.25. The number of aliphatic imine (C=N–C) groups is 1. The average molecular weight is 524 g/mol. The summed E-state index contributed by atoms with van der Waals surface area (Å²) in [4.78, 5) is 9.21. The first kappa shape index (κ1) is 24.2. The summed E-state index contributed by atoms with van der Waals surface area (Å²) in [5.74, 6) is 2.44. The van der Waals surface area contributed by atoms with E-state index in [0.29, 0.717) is 19.2 Å². The number of ether oxygens (including phenoxy) is 2. The molecule has 0 spiro atoms. The molecule has 6 nitrogen and oxygen atoms in total. The van der Waals surface area contributed by atoms with Gasteiger partial charge in [0.2, 0.25) is 0 Å². The van der Waals surface area contributed by atoms with Gasteiger partial charge >= 0.3 is 0 Å². The number of aryl methyl sites for hydroxylation is 1. The lowest BCUT2D eigenvalue weighted by Crippen LogP contribution is -2.37. The number of nitrogens with one attached hydrogen (secondary N) is 2. The van der Waals surface area contributed by atoms with Gasteiger partial charge in [0, 0.05) is 24.4 Å². The number of aromatic nitrogens is 1. The van der Waals surface area contributed by atoms with Crippen molar-refractivity contribution in [2.24, 2.45) is 4.99 Å². The molecule has 0 aliphatic heterocycles. The Morgan fingerprint density at radius 2 is 2.00 bits per heavy atom. The van der Waals surface area contributed by atoms with Gasteiger partial charge in [0.1, 0.15) is 11.5 Å². The van der Waals surface area contributed by atoms with Crippen molar-refractivity contribution in [3.8, 4) is 11.5 Å². The van der Waals surface area contributed by atoms with Crippen LogP contribution in [-0.4, -0.2) is 30.7 Å². The smallest absolute Gasteiger partial charge is 0.191 e. The van der Waals surface area contributed by atoms with Gasteiger partial charge in [-0.3, -0.25) is 4.98 Å². The molecule has 1 aromatic carbocycles. The van der Waals surface area contributed by atoms with E-state index in [1.54, 1.807) is 7.11 Å². The van der Waals surface area contributed by atoms with Crippen LogP contribution in [0.15, 0.2) is 41.5 Å². The second-order valence-electron chi connectivity index (χ2n) is 7.31. The van der Waals surface area contributed by atoms with Crippen molar-refractivity contribution in [1.29, 1.82) is 0 Å². The van der Waals surface area contributed by atoms with Gasteiger partial charge < -0.3 is 20.1 Å². The van der Waals surface area contributed by atoms with Gasteiger partial charge in [-0.1, -0.05) is 6.07 Å². The van der Waals surface area contributed by atoms with Crippen LogP contribution in [0.2, 0.25) is 0 Å². The van der Waals surface area contributed by atoms with E-state index in [1.807, 2.05) is 30.5 Å². The molecule has 0 bridgehead atoms. The molecule has 0 atom stereocenters. The highest BCUT2D eigenvalue weighted by atomic mass is 127. The lowest BCUT2D eigenvalue weighted by molar-refractivity contribution is 0.207. The fourth-order valence-corrected chi connectivity index (χ4v) is 3.46. The van der Waals surface area contributed by atoms with Crippen molar-refractivity contribution < 1.29 is 9.47 Å². The van der Waals surface area contributed by atoms with Gasteiger partial charge in [0.05, 0.1) is 32.0 Å². The first-order valence-electron chi connectivity index (χ1n) is 10.5. The van der Waals surface area contributed by atoms with E-state index in [2.05, 4.69) is 35.5 Å². The number of methoxy groups -OCH3 is 1. The molecule has 0 saturated heterocycles. The number of hydrogen-bond donors (Lipinski definition) is 2. The normalized spacial score (nSPS) is 14.2. The molecule has 164 valence electrons. The van der Waals surface area contributed by atoms with Crippen LogP contribution in [0, 0.1) is 6.92 Å². The van der Waals surface area contributed by atoms with Crippen LogP contribution in [0.3, 0.4) is 0 Å². The lowest BCUT2D eigenvalue weighted by atomic mass is 10.2. The number of hydrogen-bond acceptors (Lipinski definition) is 4. The molecule has 2 aromatic rings. The Kier molecular flexibility index (Phi) is 10.2.